The number of hydrogen-bond donors (Lipinski definition) is 1. The average Bonchev–Trinajstić information content (AvgIpc) is 3.07. The molecule has 19 heavy (non-hydrogen) atoms. The Bertz CT molecular complexity index is 376. The number of aliphatic carboxylic acids is 1. The lowest BCUT2D eigenvalue weighted by Crippen LogP contribution is -2.42. The molecule has 1 aliphatic heterocycles. The number of likely N-dealkylation sites (tertiary alicyclic amines) is 1. The Labute approximate surface area is 113 Å². The zero-order chi connectivity index (χ0) is 14.2. The maximum atomic E-state index is 12.5. The Balaban J connectivity index is 2.06. The van der Waals surface area contributed by atoms with Crippen LogP contribution in [0, 0.1) is 23.2 Å². The molecule has 0 bridgehead atoms. The topological polar surface area (TPSA) is 66.8 Å². The van der Waals surface area contributed by atoms with Crippen LogP contribution in [0.1, 0.15) is 26.7 Å². The maximum absolute atomic E-state index is 12.5. The number of carboxylic acids is 1. The van der Waals surface area contributed by atoms with E-state index < -0.39 is 17.3 Å². The zero-order valence-electron chi connectivity index (χ0n) is 11.9. The van der Waals surface area contributed by atoms with E-state index in [4.69, 9.17) is 4.74 Å². The highest BCUT2D eigenvalue weighted by Gasteiger charge is 2.48. The van der Waals surface area contributed by atoms with Crippen molar-refractivity contribution in [2.75, 3.05) is 26.8 Å². The lowest BCUT2D eigenvalue weighted by Gasteiger charge is -2.28. The number of rotatable bonds is 5. The van der Waals surface area contributed by atoms with Crippen molar-refractivity contribution in [1.82, 2.24) is 4.90 Å². The molecule has 0 radical (unpaired) electrons. The van der Waals surface area contributed by atoms with Gasteiger partial charge in [0.1, 0.15) is 0 Å². The number of hydrogen-bond acceptors (Lipinski definition) is 3. The summed E-state index contributed by atoms with van der Waals surface area (Å²) in [6.07, 6.45) is 2.22. The molecule has 5 nitrogen and oxygen atoms in total. The molecule has 1 saturated heterocycles. The Kier molecular flexibility index (Phi) is 3.85. The molecule has 1 amide bonds. The van der Waals surface area contributed by atoms with Gasteiger partial charge in [-0.1, -0.05) is 0 Å². The maximum Gasteiger partial charge on any atom is 0.308 e. The predicted octanol–water partition coefficient (Wildman–Crippen LogP) is 1.23. The standard InChI is InChI=1S/C14H23NO4/c1-14(2,8-19-3)13(18)15-6-10(9-4-5-9)11(7-15)12(16)17/h9-11H,4-8H2,1-3H3,(H,16,17)/t10-,11+/m0/s1. The summed E-state index contributed by atoms with van der Waals surface area (Å²) in [5.74, 6) is -0.514. The third-order valence-corrected chi connectivity index (χ3v) is 4.28. The minimum absolute atomic E-state index is 0.00347. The molecule has 108 valence electrons. The molecule has 2 rings (SSSR count). The van der Waals surface area contributed by atoms with Crippen LogP contribution >= 0.6 is 0 Å². The van der Waals surface area contributed by atoms with Gasteiger partial charge in [-0.05, 0) is 38.5 Å². The molecule has 2 fully saturated rings. The van der Waals surface area contributed by atoms with E-state index in [1.54, 1.807) is 12.0 Å². The van der Waals surface area contributed by atoms with Crippen molar-refractivity contribution in [3.63, 3.8) is 0 Å². The largest absolute Gasteiger partial charge is 0.481 e. The van der Waals surface area contributed by atoms with Gasteiger partial charge in [0, 0.05) is 20.2 Å². The van der Waals surface area contributed by atoms with E-state index in [1.165, 1.54) is 0 Å². The zero-order valence-corrected chi connectivity index (χ0v) is 11.9. The number of carbonyl (C=O) groups is 2. The number of ether oxygens (including phenoxy) is 1. The second-order valence-corrected chi connectivity index (χ2v) is 6.47. The molecule has 1 saturated carbocycles. The fourth-order valence-corrected chi connectivity index (χ4v) is 3.11. The van der Waals surface area contributed by atoms with E-state index in [2.05, 4.69) is 0 Å². The van der Waals surface area contributed by atoms with Crippen molar-refractivity contribution >= 4 is 11.9 Å². The van der Waals surface area contributed by atoms with Crippen LogP contribution in [-0.4, -0.2) is 48.7 Å². The van der Waals surface area contributed by atoms with E-state index in [1.807, 2.05) is 13.8 Å². The first-order chi connectivity index (χ1) is 8.86. The molecule has 0 aromatic rings. The van der Waals surface area contributed by atoms with Crippen LogP contribution in [-0.2, 0) is 14.3 Å². The molecular formula is C14H23NO4. The number of carbonyl (C=O) groups excluding carboxylic acids is 1. The predicted molar refractivity (Wildman–Crippen MR) is 69.6 cm³/mol. The van der Waals surface area contributed by atoms with Crippen LogP contribution in [0.5, 0.6) is 0 Å². The van der Waals surface area contributed by atoms with E-state index in [9.17, 15) is 14.7 Å². The fourth-order valence-electron chi connectivity index (χ4n) is 3.11. The van der Waals surface area contributed by atoms with E-state index >= 15 is 0 Å². The minimum Gasteiger partial charge on any atom is -0.481 e. The quantitative estimate of drug-likeness (QED) is 0.815. The lowest BCUT2D eigenvalue weighted by atomic mass is 9.92. The van der Waals surface area contributed by atoms with Gasteiger partial charge in [0.2, 0.25) is 5.91 Å². The molecule has 5 heteroatoms. The summed E-state index contributed by atoms with van der Waals surface area (Å²) in [4.78, 5) is 25.5. The first-order valence-electron chi connectivity index (χ1n) is 6.88. The highest BCUT2D eigenvalue weighted by atomic mass is 16.5. The van der Waals surface area contributed by atoms with Crippen LogP contribution in [0.25, 0.3) is 0 Å². The summed E-state index contributed by atoms with van der Waals surface area (Å²) < 4.78 is 5.08. The van der Waals surface area contributed by atoms with Crippen molar-refractivity contribution in [3.8, 4) is 0 Å². The van der Waals surface area contributed by atoms with Gasteiger partial charge in [-0.15, -0.1) is 0 Å². The van der Waals surface area contributed by atoms with Crippen molar-refractivity contribution in [2.45, 2.75) is 26.7 Å². The molecule has 1 heterocycles. The highest BCUT2D eigenvalue weighted by Crippen LogP contribution is 2.44. The van der Waals surface area contributed by atoms with E-state index in [0.717, 1.165) is 12.8 Å². The van der Waals surface area contributed by atoms with Crippen LogP contribution in [0.3, 0.4) is 0 Å². The van der Waals surface area contributed by atoms with E-state index in [0.29, 0.717) is 25.6 Å². The highest BCUT2D eigenvalue weighted by molar-refractivity contribution is 5.83. The summed E-state index contributed by atoms with van der Waals surface area (Å²) >= 11 is 0. The summed E-state index contributed by atoms with van der Waals surface area (Å²) in [6.45, 7) is 4.99. The lowest BCUT2D eigenvalue weighted by molar-refractivity contribution is -0.144. The van der Waals surface area contributed by atoms with Crippen LogP contribution < -0.4 is 0 Å². The van der Waals surface area contributed by atoms with Gasteiger partial charge in [-0.2, -0.15) is 0 Å². The summed E-state index contributed by atoms with van der Waals surface area (Å²) in [6, 6.07) is 0. The van der Waals surface area contributed by atoms with Crippen LogP contribution in [0.4, 0.5) is 0 Å². The number of methoxy groups -OCH3 is 1. The first kappa shape index (κ1) is 14.3. The number of carboxylic acid groups (broad SMARTS) is 1. The third-order valence-electron chi connectivity index (χ3n) is 4.28. The van der Waals surface area contributed by atoms with Gasteiger partial charge in [0.05, 0.1) is 17.9 Å². The Morgan fingerprint density at radius 3 is 2.42 bits per heavy atom. The SMILES string of the molecule is COCC(C)(C)C(=O)N1C[C@@H](C(=O)O)[C@H](C2CC2)C1. The van der Waals surface area contributed by atoms with Gasteiger partial charge in [0.25, 0.3) is 0 Å². The summed E-state index contributed by atoms with van der Waals surface area (Å²) in [5.41, 5.74) is -0.587. The summed E-state index contributed by atoms with van der Waals surface area (Å²) in [5, 5.41) is 9.30. The monoisotopic (exact) mass is 269 g/mol. The van der Waals surface area contributed by atoms with Gasteiger partial charge in [-0.25, -0.2) is 0 Å². The van der Waals surface area contributed by atoms with Gasteiger partial charge in [0.15, 0.2) is 0 Å². The molecule has 1 N–H and O–H groups in total. The molecule has 2 atom stereocenters. The first-order valence-corrected chi connectivity index (χ1v) is 6.88. The normalized spacial score (nSPS) is 27.6. The van der Waals surface area contributed by atoms with Crippen LogP contribution in [0.2, 0.25) is 0 Å². The van der Waals surface area contributed by atoms with Crippen molar-refractivity contribution in [2.24, 2.45) is 23.2 Å². The third kappa shape index (κ3) is 2.91. The Morgan fingerprint density at radius 2 is 1.95 bits per heavy atom. The minimum atomic E-state index is -0.767. The van der Waals surface area contributed by atoms with Crippen molar-refractivity contribution < 1.29 is 19.4 Å². The van der Waals surface area contributed by atoms with Gasteiger partial charge >= 0.3 is 5.97 Å². The average molecular weight is 269 g/mol. The second-order valence-electron chi connectivity index (χ2n) is 6.47. The molecule has 0 aromatic carbocycles. The number of amides is 1. The second kappa shape index (κ2) is 5.12. The van der Waals surface area contributed by atoms with Gasteiger partial charge in [-0.3, -0.25) is 9.59 Å². The Morgan fingerprint density at radius 1 is 1.32 bits per heavy atom. The van der Waals surface area contributed by atoms with E-state index in [-0.39, 0.29) is 11.8 Å². The molecular weight excluding hydrogens is 246 g/mol. The molecule has 2 aliphatic rings. The van der Waals surface area contributed by atoms with Crippen molar-refractivity contribution in [3.05, 3.63) is 0 Å². The summed E-state index contributed by atoms with van der Waals surface area (Å²) in [7, 11) is 1.58. The molecule has 0 spiro atoms. The molecule has 0 aromatic heterocycles. The Hall–Kier alpha value is -1.10. The van der Waals surface area contributed by atoms with Gasteiger partial charge < -0.3 is 14.7 Å². The molecule has 0 unspecified atom stereocenters. The number of nitrogens with zero attached hydrogens (tertiary/aromatic N) is 1. The fraction of sp³-hybridized carbons (Fsp3) is 0.857. The smallest absolute Gasteiger partial charge is 0.308 e. The van der Waals surface area contributed by atoms with Crippen molar-refractivity contribution in [1.29, 1.82) is 0 Å². The molecule has 1 aliphatic carbocycles. The van der Waals surface area contributed by atoms with Crippen LogP contribution in [0.15, 0.2) is 0 Å².